The van der Waals surface area contributed by atoms with E-state index in [0.29, 0.717) is 43.0 Å². The van der Waals surface area contributed by atoms with Gasteiger partial charge in [-0.25, -0.2) is 0 Å². The predicted octanol–water partition coefficient (Wildman–Crippen LogP) is 4.38. The first-order chi connectivity index (χ1) is 18.2. The quantitative estimate of drug-likeness (QED) is 0.214. The lowest BCUT2D eigenvalue weighted by atomic mass is 10.0. The van der Waals surface area contributed by atoms with Crippen molar-refractivity contribution < 1.29 is 42.7 Å². The second kappa shape index (κ2) is 14.7. The number of nitrogens with one attached hydrogen (secondary N) is 1. The molecule has 0 aliphatic heterocycles. The maximum Gasteiger partial charge on any atom is 0.573 e. The Labute approximate surface area is 219 Å². The first-order valence-corrected chi connectivity index (χ1v) is 12.1. The van der Waals surface area contributed by atoms with Gasteiger partial charge in [0.05, 0.1) is 39.1 Å². The van der Waals surface area contributed by atoms with Crippen LogP contribution in [0.15, 0.2) is 66.7 Å². The molecule has 0 bridgehead atoms. The smallest absolute Gasteiger partial charge is 0.508 e. The van der Waals surface area contributed by atoms with Gasteiger partial charge in [0.15, 0.2) is 0 Å². The number of ether oxygens (including phenoxy) is 3. The maximum atomic E-state index is 12.3. The van der Waals surface area contributed by atoms with Crippen molar-refractivity contribution in [3.8, 4) is 11.5 Å². The van der Waals surface area contributed by atoms with Gasteiger partial charge in [-0.2, -0.15) is 0 Å². The van der Waals surface area contributed by atoms with Gasteiger partial charge in [-0.15, -0.1) is 13.2 Å². The standard InChI is InChI=1S/C28H32F3NO6/c29-28(30,31)38-25-6-2-5-22(14-25)19-37-12-11-36-18-21-4-1-3-20(13-21)9-10-32-16-27(35)23-7-8-26(34)24(15-23)17-33/h1-8,13-15,27,32-35H,9-12,16-19H2/t27-/m0/s1. The van der Waals surface area contributed by atoms with Gasteiger partial charge in [-0.1, -0.05) is 42.5 Å². The summed E-state index contributed by atoms with van der Waals surface area (Å²) in [7, 11) is 0. The molecular weight excluding hydrogens is 503 g/mol. The van der Waals surface area contributed by atoms with Crippen molar-refractivity contribution in [1.29, 1.82) is 0 Å². The van der Waals surface area contributed by atoms with Crippen LogP contribution in [-0.2, 0) is 35.7 Å². The van der Waals surface area contributed by atoms with Crippen LogP contribution in [-0.4, -0.2) is 48.0 Å². The number of aliphatic hydroxyl groups is 2. The minimum atomic E-state index is -4.73. The molecule has 38 heavy (non-hydrogen) atoms. The molecule has 0 aliphatic carbocycles. The van der Waals surface area contributed by atoms with E-state index in [1.807, 2.05) is 24.3 Å². The fraction of sp³-hybridized carbons (Fsp3) is 0.357. The zero-order valence-electron chi connectivity index (χ0n) is 20.8. The van der Waals surface area contributed by atoms with Crippen LogP contribution in [0.4, 0.5) is 13.2 Å². The van der Waals surface area contributed by atoms with E-state index in [4.69, 9.17) is 9.47 Å². The Bertz CT molecular complexity index is 1140. The molecule has 3 aromatic rings. The second-order valence-electron chi connectivity index (χ2n) is 8.64. The highest BCUT2D eigenvalue weighted by Crippen LogP contribution is 2.24. The average Bonchev–Trinajstić information content (AvgIpc) is 2.88. The molecule has 0 saturated heterocycles. The minimum Gasteiger partial charge on any atom is -0.508 e. The molecule has 206 valence electrons. The highest BCUT2D eigenvalue weighted by molar-refractivity contribution is 5.36. The van der Waals surface area contributed by atoms with E-state index in [-0.39, 0.29) is 31.3 Å². The van der Waals surface area contributed by atoms with E-state index in [2.05, 4.69) is 10.1 Å². The van der Waals surface area contributed by atoms with Gasteiger partial charge >= 0.3 is 6.36 Å². The van der Waals surface area contributed by atoms with Crippen LogP contribution in [0.1, 0.15) is 33.9 Å². The fourth-order valence-corrected chi connectivity index (χ4v) is 3.73. The highest BCUT2D eigenvalue weighted by Gasteiger charge is 2.31. The molecule has 4 N–H and O–H groups in total. The molecular formula is C28H32F3NO6. The van der Waals surface area contributed by atoms with E-state index in [1.165, 1.54) is 24.3 Å². The lowest BCUT2D eigenvalue weighted by Gasteiger charge is -2.14. The Morgan fingerprint density at radius 2 is 1.50 bits per heavy atom. The van der Waals surface area contributed by atoms with Gasteiger partial charge in [0.25, 0.3) is 0 Å². The number of hydrogen-bond acceptors (Lipinski definition) is 7. The molecule has 0 saturated carbocycles. The number of benzene rings is 3. The summed E-state index contributed by atoms with van der Waals surface area (Å²) in [5.74, 6) is -0.285. The van der Waals surface area contributed by atoms with Crippen molar-refractivity contribution in [3.63, 3.8) is 0 Å². The number of hydrogen-bond donors (Lipinski definition) is 4. The Morgan fingerprint density at radius 1 is 0.842 bits per heavy atom. The van der Waals surface area contributed by atoms with Crippen LogP contribution in [0.2, 0.25) is 0 Å². The average molecular weight is 536 g/mol. The summed E-state index contributed by atoms with van der Waals surface area (Å²) in [4.78, 5) is 0. The molecule has 1 atom stereocenters. The molecule has 0 aliphatic rings. The predicted molar refractivity (Wildman–Crippen MR) is 134 cm³/mol. The van der Waals surface area contributed by atoms with Crippen LogP contribution in [0, 0.1) is 0 Å². The molecule has 0 heterocycles. The van der Waals surface area contributed by atoms with Crippen LogP contribution >= 0.6 is 0 Å². The number of aliphatic hydroxyl groups excluding tert-OH is 2. The van der Waals surface area contributed by atoms with E-state index < -0.39 is 12.5 Å². The number of rotatable bonds is 15. The zero-order valence-corrected chi connectivity index (χ0v) is 20.8. The molecule has 0 unspecified atom stereocenters. The molecule has 0 spiro atoms. The van der Waals surface area contributed by atoms with Gasteiger partial charge in [0.1, 0.15) is 11.5 Å². The van der Waals surface area contributed by atoms with Gasteiger partial charge in [-0.3, -0.25) is 0 Å². The van der Waals surface area contributed by atoms with E-state index in [1.54, 1.807) is 18.2 Å². The van der Waals surface area contributed by atoms with E-state index >= 15 is 0 Å². The third kappa shape index (κ3) is 10.3. The summed E-state index contributed by atoms with van der Waals surface area (Å²) in [6, 6.07) is 18.3. The topological polar surface area (TPSA) is 100 Å². The molecule has 3 aromatic carbocycles. The van der Waals surface area contributed by atoms with E-state index in [9.17, 15) is 28.5 Å². The number of aromatic hydroxyl groups is 1. The van der Waals surface area contributed by atoms with Crippen molar-refractivity contribution >= 4 is 0 Å². The number of halogens is 3. The monoisotopic (exact) mass is 535 g/mol. The normalized spacial score (nSPS) is 12.4. The largest absolute Gasteiger partial charge is 0.573 e. The zero-order chi connectivity index (χ0) is 27.4. The van der Waals surface area contributed by atoms with E-state index in [0.717, 1.165) is 17.5 Å². The fourth-order valence-electron chi connectivity index (χ4n) is 3.73. The van der Waals surface area contributed by atoms with Gasteiger partial charge in [-0.05, 0) is 59.5 Å². The molecule has 0 fully saturated rings. The molecule has 0 radical (unpaired) electrons. The van der Waals surface area contributed by atoms with Crippen molar-refractivity contribution in [2.75, 3.05) is 26.3 Å². The molecule has 10 heteroatoms. The summed E-state index contributed by atoms with van der Waals surface area (Å²) >= 11 is 0. The van der Waals surface area contributed by atoms with Crippen molar-refractivity contribution in [1.82, 2.24) is 5.32 Å². The molecule has 0 aromatic heterocycles. The Balaban J connectivity index is 1.31. The third-order valence-electron chi connectivity index (χ3n) is 5.62. The highest BCUT2D eigenvalue weighted by atomic mass is 19.4. The summed E-state index contributed by atoms with van der Waals surface area (Å²) in [6.07, 6.45) is -4.75. The minimum absolute atomic E-state index is 0.00284. The van der Waals surface area contributed by atoms with Crippen LogP contribution in [0.25, 0.3) is 0 Å². The Morgan fingerprint density at radius 3 is 2.18 bits per heavy atom. The van der Waals surface area contributed by atoms with Crippen molar-refractivity contribution in [3.05, 3.63) is 94.5 Å². The van der Waals surface area contributed by atoms with Crippen LogP contribution in [0.3, 0.4) is 0 Å². The third-order valence-corrected chi connectivity index (χ3v) is 5.62. The summed E-state index contributed by atoms with van der Waals surface area (Å²) in [5, 5.41) is 32.5. The van der Waals surface area contributed by atoms with Gasteiger partial charge in [0, 0.05) is 12.1 Å². The van der Waals surface area contributed by atoms with Gasteiger partial charge in [0.2, 0.25) is 0 Å². The van der Waals surface area contributed by atoms with Gasteiger partial charge < -0.3 is 34.8 Å². The summed E-state index contributed by atoms with van der Waals surface area (Å²) in [5.41, 5.74) is 3.67. The summed E-state index contributed by atoms with van der Waals surface area (Å²) in [6.45, 7) is 1.84. The summed E-state index contributed by atoms with van der Waals surface area (Å²) < 4.78 is 52.0. The Hall–Kier alpha value is -3.15. The molecule has 0 amide bonds. The second-order valence-corrected chi connectivity index (χ2v) is 8.64. The van der Waals surface area contributed by atoms with Crippen LogP contribution < -0.4 is 10.1 Å². The maximum absolute atomic E-state index is 12.3. The van der Waals surface area contributed by atoms with Crippen molar-refractivity contribution in [2.24, 2.45) is 0 Å². The molecule has 7 nitrogen and oxygen atoms in total. The number of alkyl halides is 3. The lowest BCUT2D eigenvalue weighted by Crippen LogP contribution is -2.23. The lowest BCUT2D eigenvalue weighted by molar-refractivity contribution is -0.274. The SMILES string of the molecule is OCc1cc([C@@H](O)CNCCc2cccc(COCCOCc3cccc(OC(F)(F)F)c3)c2)ccc1O. The van der Waals surface area contributed by atoms with Crippen molar-refractivity contribution in [2.45, 2.75) is 38.7 Å². The van der Waals surface area contributed by atoms with Crippen LogP contribution in [0.5, 0.6) is 11.5 Å². The molecule has 3 rings (SSSR count). The number of phenols is 1. The Kier molecular flexibility index (Phi) is 11.4. The first-order valence-electron chi connectivity index (χ1n) is 12.1. The first kappa shape index (κ1) is 29.4.